The molecule has 0 aromatic carbocycles. The Morgan fingerprint density at radius 3 is 2.20 bits per heavy atom. The van der Waals surface area contributed by atoms with Crippen LogP contribution in [-0.2, 0) is 4.79 Å². The van der Waals surface area contributed by atoms with Gasteiger partial charge in [-0.1, -0.05) is 0 Å². The van der Waals surface area contributed by atoms with Crippen LogP contribution < -0.4 is 5.73 Å². The van der Waals surface area contributed by atoms with E-state index in [-0.39, 0.29) is 6.54 Å². The summed E-state index contributed by atoms with van der Waals surface area (Å²) < 4.78 is 34.1. The first kappa shape index (κ1) is 9.42. The first-order valence-electron chi connectivity index (χ1n) is 2.74. The van der Waals surface area contributed by atoms with Crippen molar-refractivity contribution in [2.45, 2.75) is 19.0 Å². The van der Waals surface area contributed by atoms with Gasteiger partial charge in [0.05, 0.1) is 13.0 Å². The molecule has 0 rings (SSSR count). The largest absolute Gasteiger partial charge is 0.389 e. The second-order valence-corrected chi connectivity index (χ2v) is 1.86. The molecular weight excluding hydrogens is 147 g/mol. The van der Waals surface area contributed by atoms with E-state index >= 15 is 0 Å². The standard InChI is InChI=1S/C5H8F3NO/c6-5(7,8)2-1-4(10)3-9/h1-3,9H2. The van der Waals surface area contributed by atoms with Gasteiger partial charge in [0, 0.05) is 6.42 Å². The summed E-state index contributed by atoms with van der Waals surface area (Å²) in [5, 5.41) is 0. The highest BCUT2D eigenvalue weighted by molar-refractivity contribution is 5.80. The lowest BCUT2D eigenvalue weighted by molar-refractivity contribution is -0.142. The minimum atomic E-state index is -4.25. The summed E-state index contributed by atoms with van der Waals surface area (Å²) in [5.41, 5.74) is 4.78. The molecule has 0 aliphatic heterocycles. The Balaban J connectivity index is 3.46. The molecular formula is C5H8F3NO. The molecule has 0 fully saturated rings. The fourth-order valence-electron chi connectivity index (χ4n) is 0.383. The van der Waals surface area contributed by atoms with Crippen molar-refractivity contribution in [1.82, 2.24) is 0 Å². The van der Waals surface area contributed by atoms with Gasteiger partial charge in [-0.05, 0) is 0 Å². The minimum absolute atomic E-state index is 0.309. The van der Waals surface area contributed by atoms with Gasteiger partial charge in [0.1, 0.15) is 5.78 Å². The molecule has 5 heteroatoms. The van der Waals surface area contributed by atoms with Crippen LogP contribution in [0.4, 0.5) is 13.2 Å². The Kier molecular flexibility index (Phi) is 3.35. The zero-order valence-corrected chi connectivity index (χ0v) is 5.24. The SMILES string of the molecule is NCC(=O)CCC(F)(F)F. The lowest BCUT2D eigenvalue weighted by Gasteiger charge is -2.02. The molecule has 0 spiro atoms. The summed E-state index contributed by atoms with van der Waals surface area (Å²) in [6.45, 7) is -0.309. The molecule has 0 amide bonds. The molecule has 0 saturated carbocycles. The highest BCUT2D eigenvalue weighted by Gasteiger charge is 2.27. The van der Waals surface area contributed by atoms with Gasteiger partial charge in [-0.2, -0.15) is 13.2 Å². The molecule has 0 aliphatic rings. The van der Waals surface area contributed by atoms with Gasteiger partial charge in [0.25, 0.3) is 0 Å². The van der Waals surface area contributed by atoms with Gasteiger partial charge >= 0.3 is 6.18 Å². The van der Waals surface area contributed by atoms with Crippen molar-refractivity contribution in [3.05, 3.63) is 0 Å². The number of nitrogens with two attached hydrogens (primary N) is 1. The first-order chi connectivity index (χ1) is 4.45. The van der Waals surface area contributed by atoms with E-state index in [0.717, 1.165) is 0 Å². The molecule has 0 bridgehead atoms. The molecule has 10 heavy (non-hydrogen) atoms. The number of hydrogen-bond donors (Lipinski definition) is 1. The lowest BCUT2D eigenvalue weighted by Crippen LogP contribution is -2.17. The molecule has 0 heterocycles. The summed E-state index contributed by atoms with van der Waals surface area (Å²) in [4.78, 5) is 10.2. The van der Waals surface area contributed by atoms with Gasteiger partial charge < -0.3 is 5.73 Å². The van der Waals surface area contributed by atoms with Gasteiger partial charge in [-0.3, -0.25) is 4.79 Å². The second kappa shape index (κ2) is 3.55. The zero-order chi connectivity index (χ0) is 8.20. The van der Waals surface area contributed by atoms with Crippen LogP contribution >= 0.6 is 0 Å². The molecule has 0 aromatic rings. The van der Waals surface area contributed by atoms with Gasteiger partial charge in [0.15, 0.2) is 0 Å². The van der Waals surface area contributed by atoms with Crippen LogP contribution in [0.5, 0.6) is 0 Å². The van der Waals surface area contributed by atoms with Crippen molar-refractivity contribution >= 4 is 5.78 Å². The zero-order valence-electron chi connectivity index (χ0n) is 5.24. The number of rotatable bonds is 3. The number of hydrogen-bond acceptors (Lipinski definition) is 2. The van der Waals surface area contributed by atoms with Gasteiger partial charge in [-0.25, -0.2) is 0 Å². The number of carbonyl (C=O) groups is 1. The summed E-state index contributed by atoms with van der Waals surface area (Å²) in [7, 11) is 0. The third-order valence-corrected chi connectivity index (χ3v) is 0.915. The summed E-state index contributed by atoms with van der Waals surface area (Å²) in [6.07, 6.45) is -5.81. The highest BCUT2D eigenvalue weighted by Crippen LogP contribution is 2.20. The van der Waals surface area contributed by atoms with Gasteiger partial charge in [0.2, 0.25) is 0 Å². The van der Waals surface area contributed by atoms with Crippen LogP contribution in [0.15, 0.2) is 0 Å². The van der Waals surface area contributed by atoms with Crippen LogP contribution in [-0.4, -0.2) is 18.5 Å². The van der Waals surface area contributed by atoms with Crippen molar-refractivity contribution in [3.8, 4) is 0 Å². The molecule has 0 aromatic heterocycles. The molecule has 60 valence electrons. The molecule has 0 radical (unpaired) electrons. The molecule has 0 aliphatic carbocycles. The Morgan fingerprint density at radius 1 is 1.40 bits per heavy atom. The Labute approximate surface area is 56.2 Å². The smallest absolute Gasteiger partial charge is 0.324 e. The number of alkyl halides is 3. The Morgan fingerprint density at radius 2 is 1.90 bits per heavy atom. The minimum Gasteiger partial charge on any atom is -0.324 e. The van der Waals surface area contributed by atoms with Crippen molar-refractivity contribution in [3.63, 3.8) is 0 Å². The monoisotopic (exact) mass is 155 g/mol. The third kappa shape index (κ3) is 5.55. The predicted molar refractivity (Wildman–Crippen MR) is 29.4 cm³/mol. The van der Waals surface area contributed by atoms with Gasteiger partial charge in [-0.15, -0.1) is 0 Å². The summed E-state index contributed by atoms with van der Waals surface area (Å²) in [6, 6.07) is 0. The van der Waals surface area contributed by atoms with E-state index < -0.39 is 24.8 Å². The van der Waals surface area contributed by atoms with E-state index in [9.17, 15) is 18.0 Å². The molecule has 0 atom stereocenters. The van der Waals surface area contributed by atoms with E-state index in [4.69, 9.17) is 5.73 Å². The molecule has 0 unspecified atom stereocenters. The Bertz CT molecular complexity index is 121. The quantitative estimate of drug-likeness (QED) is 0.656. The maximum atomic E-state index is 11.4. The predicted octanol–water partition coefficient (Wildman–Crippen LogP) is 0.857. The number of ketones is 1. The molecule has 2 N–H and O–H groups in total. The lowest BCUT2D eigenvalue weighted by atomic mass is 10.2. The van der Waals surface area contributed by atoms with Crippen LogP contribution in [0.25, 0.3) is 0 Å². The summed E-state index contributed by atoms with van der Waals surface area (Å²) >= 11 is 0. The molecule has 2 nitrogen and oxygen atoms in total. The van der Waals surface area contributed by atoms with E-state index in [1.165, 1.54) is 0 Å². The fourth-order valence-corrected chi connectivity index (χ4v) is 0.383. The van der Waals surface area contributed by atoms with E-state index in [1.807, 2.05) is 0 Å². The second-order valence-electron chi connectivity index (χ2n) is 1.86. The van der Waals surface area contributed by atoms with Crippen LogP contribution in [0.1, 0.15) is 12.8 Å². The third-order valence-electron chi connectivity index (χ3n) is 0.915. The van der Waals surface area contributed by atoms with Crippen molar-refractivity contribution in [2.75, 3.05) is 6.54 Å². The number of carbonyl (C=O) groups excluding carboxylic acids is 1. The topological polar surface area (TPSA) is 43.1 Å². The number of Topliss-reactive ketones (excluding diaryl/α,β-unsaturated/α-hetero) is 1. The average molecular weight is 155 g/mol. The van der Waals surface area contributed by atoms with Crippen molar-refractivity contribution in [1.29, 1.82) is 0 Å². The van der Waals surface area contributed by atoms with E-state index in [0.29, 0.717) is 0 Å². The van der Waals surface area contributed by atoms with E-state index in [2.05, 4.69) is 0 Å². The van der Waals surface area contributed by atoms with Crippen LogP contribution in [0.3, 0.4) is 0 Å². The normalized spacial score (nSPS) is 11.6. The van der Waals surface area contributed by atoms with Crippen molar-refractivity contribution in [2.24, 2.45) is 5.73 Å². The molecule has 0 saturated heterocycles. The Hall–Kier alpha value is -0.580. The van der Waals surface area contributed by atoms with Crippen LogP contribution in [0, 0.1) is 0 Å². The average Bonchev–Trinajstić information content (AvgIpc) is 1.81. The maximum Gasteiger partial charge on any atom is 0.389 e. The number of halogens is 3. The van der Waals surface area contributed by atoms with E-state index in [1.54, 1.807) is 0 Å². The first-order valence-corrected chi connectivity index (χ1v) is 2.74. The summed E-state index contributed by atoms with van der Waals surface area (Å²) in [5.74, 6) is -0.558. The maximum absolute atomic E-state index is 11.4. The van der Waals surface area contributed by atoms with Crippen LogP contribution in [0.2, 0.25) is 0 Å². The fraction of sp³-hybridized carbons (Fsp3) is 0.800. The van der Waals surface area contributed by atoms with Crippen molar-refractivity contribution < 1.29 is 18.0 Å². The highest BCUT2D eigenvalue weighted by atomic mass is 19.4.